The molecular weight excluding hydrogens is 522 g/mol. The van der Waals surface area contributed by atoms with Gasteiger partial charge in [0.15, 0.2) is 4.34 Å². The molecule has 5 rings (SSSR count). The Balaban J connectivity index is 1.25. The van der Waals surface area contributed by atoms with E-state index in [1.165, 1.54) is 50.5 Å². The molecule has 0 aromatic carbocycles. The number of nitrogens with one attached hydrogen (secondary N) is 1. The number of carbonyl (C=O) groups is 3. The number of rotatable bonds is 9. The van der Waals surface area contributed by atoms with Gasteiger partial charge in [-0.25, -0.2) is 13.6 Å². The van der Waals surface area contributed by atoms with Crippen molar-refractivity contribution in [3.8, 4) is 0 Å². The molecule has 2 amide bonds. The first-order valence-corrected chi connectivity index (χ1v) is 13.6. The van der Waals surface area contributed by atoms with Crippen molar-refractivity contribution >= 4 is 52.6 Å². The second-order valence-electron chi connectivity index (χ2n) is 8.31. The van der Waals surface area contributed by atoms with Crippen LogP contribution in [0.15, 0.2) is 21.7 Å². The van der Waals surface area contributed by atoms with Crippen molar-refractivity contribution in [1.29, 1.82) is 0 Å². The van der Waals surface area contributed by atoms with E-state index in [4.69, 9.17) is 0 Å². The number of aliphatic carboxylic acids is 1. The highest BCUT2D eigenvalue weighted by Crippen LogP contribution is 2.42. The number of carbonyl (C=O) groups excluding carboxylic acids is 2. The van der Waals surface area contributed by atoms with Crippen LogP contribution in [-0.4, -0.2) is 70.7 Å². The Morgan fingerprint density at radius 1 is 1.34 bits per heavy atom. The molecule has 1 aliphatic carbocycles. The lowest BCUT2D eigenvalue weighted by Crippen LogP contribution is -2.70. The number of fused-ring (bicyclic) bond motifs is 1. The number of thioether (sulfide) groups is 2. The minimum Gasteiger partial charge on any atom is -0.477 e. The highest BCUT2D eigenvalue weighted by Gasteiger charge is 2.54. The zero-order valence-electron chi connectivity index (χ0n) is 18.3. The van der Waals surface area contributed by atoms with Crippen LogP contribution >= 0.6 is 34.9 Å². The maximum Gasteiger partial charge on any atom is 0.352 e. The SMILES string of the molecule is Cc1nnc(SCC2=C(C(=O)O)N3C(=O)[C@@H](NC(=O)Cn4nc(C(F)F)cc4C4CC4)[C@H]3SC2)s1. The van der Waals surface area contributed by atoms with Crippen LogP contribution in [-0.2, 0) is 20.9 Å². The van der Waals surface area contributed by atoms with E-state index >= 15 is 0 Å². The summed E-state index contributed by atoms with van der Waals surface area (Å²) < 4.78 is 28.2. The van der Waals surface area contributed by atoms with Crippen LogP contribution in [0.4, 0.5) is 8.78 Å². The van der Waals surface area contributed by atoms with Gasteiger partial charge in [0.05, 0.1) is 0 Å². The van der Waals surface area contributed by atoms with E-state index in [2.05, 4.69) is 20.6 Å². The van der Waals surface area contributed by atoms with Gasteiger partial charge in [-0.1, -0.05) is 23.1 Å². The predicted octanol–water partition coefficient (Wildman–Crippen LogP) is 2.39. The van der Waals surface area contributed by atoms with Crippen molar-refractivity contribution in [3.05, 3.63) is 33.7 Å². The summed E-state index contributed by atoms with van der Waals surface area (Å²) in [5, 5.41) is 24.5. The summed E-state index contributed by atoms with van der Waals surface area (Å²) in [6.07, 6.45) is -1.02. The van der Waals surface area contributed by atoms with Gasteiger partial charge >= 0.3 is 5.97 Å². The zero-order valence-corrected chi connectivity index (χ0v) is 20.8. The number of aromatic nitrogens is 4. The molecule has 1 saturated carbocycles. The van der Waals surface area contributed by atoms with E-state index in [-0.39, 0.29) is 23.9 Å². The maximum atomic E-state index is 13.1. The molecule has 2 atom stereocenters. The number of hydrogen-bond donors (Lipinski definition) is 2. The maximum absolute atomic E-state index is 13.1. The Hall–Kier alpha value is -2.52. The van der Waals surface area contributed by atoms with Crippen molar-refractivity contribution < 1.29 is 28.3 Å². The number of aryl methyl sites for hydroxylation is 1. The van der Waals surface area contributed by atoms with Crippen LogP contribution in [0.1, 0.15) is 41.6 Å². The summed E-state index contributed by atoms with van der Waals surface area (Å²) in [4.78, 5) is 38.7. The summed E-state index contributed by atoms with van der Waals surface area (Å²) in [6, 6.07) is 0.437. The van der Waals surface area contributed by atoms with Crippen molar-refractivity contribution in [1.82, 2.24) is 30.2 Å². The molecule has 2 aromatic rings. The third-order valence-electron chi connectivity index (χ3n) is 5.79. The first-order chi connectivity index (χ1) is 16.7. The van der Waals surface area contributed by atoms with Crippen LogP contribution in [0.5, 0.6) is 0 Å². The number of nitrogens with zero attached hydrogens (tertiary/aromatic N) is 5. The van der Waals surface area contributed by atoms with Gasteiger partial charge in [-0.2, -0.15) is 5.10 Å². The second kappa shape index (κ2) is 9.50. The van der Waals surface area contributed by atoms with Gasteiger partial charge < -0.3 is 10.4 Å². The largest absolute Gasteiger partial charge is 0.477 e. The summed E-state index contributed by atoms with van der Waals surface area (Å²) >= 11 is 4.14. The lowest BCUT2D eigenvalue weighted by atomic mass is 10.0. The van der Waals surface area contributed by atoms with Crippen molar-refractivity contribution in [2.75, 3.05) is 11.5 Å². The fourth-order valence-corrected chi connectivity index (χ4v) is 7.33. The molecule has 0 spiro atoms. The molecule has 3 aliphatic rings. The second-order valence-corrected chi connectivity index (χ2v) is 11.8. The standard InChI is InChI=1S/C20H20F2N6O4S3/c1-8-24-25-20(35-8)34-7-10-6-33-18-14(17(30)28(18)15(10)19(31)32)23-13(29)5-27-12(9-2-3-9)4-11(26-27)16(21)22/h4,9,14,16,18H,2-3,5-7H2,1H3,(H,23,29)(H,31,32)/t14-,18-/m1/s1. The quantitative estimate of drug-likeness (QED) is 0.362. The predicted molar refractivity (Wildman–Crippen MR) is 124 cm³/mol. The Bertz CT molecular complexity index is 1230. The van der Waals surface area contributed by atoms with Crippen molar-refractivity contribution in [3.63, 3.8) is 0 Å². The summed E-state index contributed by atoms with van der Waals surface area (Å²) in [5.74, 6) is -1.41. The Morgan fingerprint density at radius 3 is 2.74 bits per heavy atom. The van der Waals surface area contributed by atoms with Gasteiger partial charge in [0.2, 0.25) is 5.91 Å². The molecule has 2 aromatic heterocycles. The van der Waals surface area contributed by atoms with Gasteiger partial charge in [0, 0.05) is 23.1 Å². The van der Waals surface area contributed by atoms with Gasteiger partial charge in [-0.15, -0.1) is 22.0 Å². The van der Waals surface area contributed by atoms with E-state index in [1.54, 1.807) is 0 Å². The Labute approximate surface area is 210 Å². The normalized spacial score (nSPS) is 21.8. The minimum absolute atomic E-state index is 0.0670. The summed E-state index contributed by atoms with van der Waals surface area (Å²) in [5.41, 5.74) is 0.745. The first-order valence-electron chi connectivity index (χ1n) is 10.7. The molecule has 2 aliphatic heterocycles. The van der Waals surface area contributed by atoms with Crippen LogP contribution in [0.3, 0.4) is 0 Å². The minimum atomic E-state index is -2.73. The monoisotopic (exact) mass is 542 g/mol. The molecule has 4 heterocycles. The Kier molecular flexibility index (Phi) is 6.57. The van der Waals surface area contributed by atoms with Crippen LogP contribution in [0.2, 0.25) is 0 Å². The molecule has 186 valence electrons. The van der Waals surface area contributed by atoms with E-state index in [0.717, 1.165) is 17.8 Å². The molecule has 35 heavy (non-hydrogen) atoms. The molecular formula is C20H20F2N6O4S3. The van der Waals surface area contributed by atoms with Crippen LogP contribution in [0, 0.1) is 6.92 Å². The summed E-state index contributed by atoms with van der Waals surface area (Å²) in [6.45, 7) is 1.54. The fraction of sp³-hybridized carbons (Fsp3) is 0.500. The van der Waals surface area contributed by atoms with Gasteiger partial charge in [-0.3, -0.25) is 19.2 Å². The average Bonchev–Trinajstić information content (AvgIpc) is 3.44. The first kappa shape index (κ1) is 24.2. The van der Waals surface area contributed by atoms with Crippen molar-refractivity contribution in [2.45, 2.75) is 54.4 Å². The molecule has 2 N–H and O–H groups in total. The smallest absolute Gasteiger partial charge is 0.352 e. The highest BCUT2D eigenvalue weighted by atomic mass is 32.2. The highest BCUT2D eigenvalue weighted by molar-refractivity contribution is 8.01. The van der Waals surface area contributed by atoms with Crippen molar-refractivity contribution in [2.24, 2.45) is 0 Å². The third-order valence-corrected chi connectivity index (χ3v) is 9.18. The van der Waals surface area contributed by atoms with E-state index in [0.29, 0.717) is 27.1 Å². The number of hydrogen-bond acceptors (Lipinski definition) is 9. The molecule has 1 saturated heterocycles. The van der Waals surface area contributed by atoms with Gasteiger partial charge in [-0.05, 0) is 31.4 Å². The molecule has 2 fully saturated rings. The molecule has 0 bridgehead atoms. The number of halogens is 2. The molecule has 10 nitrogen and oxygen atoms in total. The number of alkyl halides is 2. The zero-order chi connectivity index (χ0) is 24.9. The summed E-state index contributed by atoms with van der Waals surface area (Å²) in [7, 11) is 0. The lowest BCUT2D eigenvalue weighted by molar-refractivity contribution is -0.150. The topological polar surface area (TPSA) is 130 Å². The number of carboxylic acid groups (broad SMARTS) is 1. The van der Waals surface area contributed by atoms with E-state index in [1.807, 2.05) is 6.92 Å². The average molecular weight is 543 g/mol. The molecule has 0 radical (unpaired) electrons. The number of carboxylic acids is 1. The van der Waals surface area contributed by atoms with Gasteiger partial charge in [0.25, 0.3) is 12.3 Å². The van der Waals surface area contributed by atoms with E-state index in [9.17, 15) is 28.3 Å². The Morgan fingerprint density at radius 2 is 2.11 bits per heavy atom. The molecule has 0 unspecified atom stereocenters. The molecule has 15 heteroatoms. The number of amides is 2. The van der Waals surface area contributed by atoms with Crippen LogP contribution in [0.25, 0.3) is 0 Å². The lowest BCUT2D eigenvalue weighted by Gasteiger charge is -2.49. The fourth-order valence-electron chi connectivity index (χ4n) is 4.03. The number of β-lactam (4-membered cyclic amide) rings is 1. The van der Waals surface area contributed by atoms with Gasteiger partial charge in [0.1, 0.15) is 34.4 Å². The van der Waals surface area contributed by atoms with Crippen LogP contribution < -0.4 is 5.32 Å². The van der Waals surface area contributed by atoms with E-state index < -0.39 is 35.6 Å². The third kappa shape index (κ3) is 4.80.